The minimum Gasteiger partial charge on any atom is -0.493 e. The monoisotopic (exact) mass is 366 g/mol. The maximum Gasteiger partial charge on any atom is 0.303 e. The van der Waals surface area contributed by atoms with Gasteiger partial charge < -0.3 is 9.84 Å². The SMILES string of the molecule is CCC(CC)COc1ccc(CCC(=O)O)cc1-c1ccc2[nH]ncc2c1. The number of hydrogen-bond donors (Lipinski definition) is 2. The fourth-order valence-electron chi connectivity index (χ4n) is 3.18. The average Bonchev–Trinajstić information content (AvgIpc) is 3.15. The number of hydrogen-bond acceptors (Lipinski definition) is 3. The number of rotatable bonds is 9. The summed E-state index contributed by atoms with van der Waals surface area (Å²) in [5.41, 5.74) is 4.02. The van der Waals surface area contributed by atoms with E-state index in [0.717, 1.165) is 46.2 Å². The van der Waals surface area contributed by atoms with Crippen molar-refractivity contribution in [2.45, 2.75) is 39.5 Å². The number of ether oxygens (including phenoxy) is 1. The van der Waals surface area contributed by atoms with Gasteiger partial charge in [-0.1, -0.05) is 38.8 Å². The summed E-state index contributed by atoms with van der Waals surface area (Å²) in [4.78, 5) is 10.9. The van der Waals surface area contributed by atoms with Crippen molar-refractivity contribution in [2.75, 3.05) is 6.61 Å². The van der Waals surface area contributed by atoms with Crippen molar-refractivity contribution in [2.24, 2.45) is 5.92 Å². The highest BCUT2D eigenvalue weighted by atomic mass is 16.5. The Balaban J connectivity index is 1.94. The number of carboxylic acids is 1. The molecule has 27 heavy (non-hydrogen) atoms. The normalized spacial score (nSPS) is 11.2. The number of H-pyrrole nitrogens is 1. The van der Waals surface area contributed by atoms with Crippen LogP contribution in [-0.4, -0.2) is 27.9 Å². The van der Waals surface area contributed by atoms with E-state index in [2.05, 4.69) is 30.1 Å². The van der Waals surface area contributed by atoms with Gasteiger partial charge in [-0.3, -0.25) is 9.89 Å². The number of carboxylic acid groups (broad SMARTS) is 1. The molecule has 2 N–H and O–H groups in total. The predicted molar refractivity (Wildman–Crippen MR) is 107 cm³/mol. The van der Waals surface area contributed by atoms with E-state index in [-0.39, 0.29) is 6.42 Å². The molecular weight excluding hydrogens is 340 g/mol. The maximum absolute atomic E-state index is 10.9. The first-order valence-electron chi connectivity index (χ1n) is 9.51. The van der Waals surface area contributed by atoms with Crippen LogP contribution in [0.4, 0.5) is 0 Å². The third kappa shape index (κ3) is 4.67. The van der Waals surface area contributed by atoms with Crippen molar-refractivity contribution in [3.63, 3.8) is 0 Å². The first-order valence-corrected chi connectivity index (χ1v) is 9.51. The van der Waals surface area contributed by atoms with E-state index in [9.17, 15) is 4.79 Å². The van der Waals surface area contributed by atoms with Crippen LogP contribution in [0.15, 0.2) is 42.6 Å². The highest BCUT2D eigenvalue weighted by Crippen LogP contribution is 2.33. The third-order valence-corrected chi connectivity index (χ3v) is 5.05. The summed E-state index contributed by atoms with van der Waals surface area (Å²) in [6, 6.07) is 12.1. The van der Waals surface area contributed by atoms with Crippen molar-refractivity contribution in [3.8, 4) is 16.9 Å². The Labute approximate surface area is 159 Å². The number of benzene rings is 2. The fraction of sp³-hybridized carbons (Fsp3) is 0.364. The molecule has 3 rings (SSSR count). The van der Waals surface area contributed by atoms with Crippen molar-refractivity contribution in [1.82, 2.24) is 10.2 Å². The number of aromatic amines is 1. The van der Waals surface area contributed by atoms with E-state index in [1.165, 1.54) is 0 Å². The molecule has 0 bridgehead atoms. The molecule has 0 aliphatic heterocycles. The summed E-state index contributed by atoms with van der Waals surface area (Å²) in [7, 11) is 0. The minimum absolute atomic E-state index is 0.119. The van der Waals surface area contributed by atoms with Crippen molar-refractivity contribution in [3.05, 3.63) is 48.2 Å². The van der Waals surface area contributed by atoms with Crippen molar-refractivity contribution in [1.29, 1.82) is 0 Å². The molecular formula is C22H26N2O3. The van der Waals surface area contributed by atoms with Gasteiger partial charge in [-0.25, -0.2) is 0 Å². The molecule has 5 nitrogen and oxygen atoms in total. The van der Waals surface area contributed by atoms with Crippen LogP contribution >= 0.6 is 0 Å². The Morgan fingerprint density at radius 1 is 1.19 bits per heavy atom. The molecule has 3 aromatic rings. The second-order valence-electron chi connectivity index (χ2n) is 6.89. The lowest BCUT2D eigenvalue weighted by molar-refractivity contribution is -0.136. The number of fused-ring (bicyclic) bond motifs is 1. The molecule has 0 atom stereocenters. The predicted octanol–water partition coefficient (Wildman–Crippen LogP) is 5.06. The molecule has 0 aliphatic rings. The summed E-state index contributed by atoms with van der Waals surface area (Å²) in [5, 5.41) is 17.1. The van der Waals surface area contributed by atoms with Gasteiger partial charge in [-0.05, 0) is 47.7 Å². The lowest BCUT2D eigenvalue weighted by Crippen LogP contribution is -2.10. The lowest BCUT2D eigenvalue weighted by Gasteiger charge is -2.17. The molecule has 1 aromatic heterocycles. The minimum atomic E-state index is -0.787. The van der Waals surface area contributed by atoms with Gasteiger partial charge in [0, 0.05) is 17.4 Å². The number of carbonyl (C=O) groups is 1. The van der Waals surface area contributed by atoms with Gasteiger partial charge in [0.25, 0.3) is 0 Å². The summed E-state index contributed by atoms with van der Waals surface area (Å²) in [6.07, 6.45) is 4.60. The van der Waals surface area contributed by atoms with Crippen LogP contribution in [0.3, 0.4) is 0 Å². The molecule has 5 heteroatoms. The molecule has 2 aromatic carbocycles. The fourth-order valence-corrected chi connectivity index (χ4v) is 3.18. The van der Waals surface area contributed by atoms with Crippen LogP contribution < -0.4 is 4.74 Å². The average molecular weight is 366 g/mol. The first kappa shape index (κ1) is 19.0. The Bertz CT molecular complexity index is 913. The van der Waals surface area contributed by atoms with Crippen molar-refractivity contribution >= 4 is 16.9 Å². The number of aromatic nitrogens is 2. The molecule has 0 saturated carbocycles. The van der Waals surface area contributed by atoms with Gasteiger partial charge in [0.1, 0.15) is 5.75 Å². The Kier molecular flexibility index (Phi) is 6.12. The zero-order valence-electron chi connectivity index (χ0n) is 15.9. The van der Waals surface area contributed by atoms with E-state index in [1.54, 1.807) is 6.20 Å². The van der Waals surface area contributed by atoms with E-state index in [0.29, 0.717) is 18.9 Å². The second kappa shape index (κ2) is 8.71. The molecule has 0 amide bonds. The van der Waals surface area contributed by atoms with Gasteiger partial charge in [0.15, 0.2) is 0 Å². The summed E-state index contributed by atoms with van der Waals surface area (Å²) in [6.45, 7) is 5.04. The van der Waals surface area contributed by atoms with Crippen LogP contribution in [0, 0.1) is 5.92 Å². The largest absolute Gasteiger partial charge is 0.493 e. The molecule has 142 valence electrons. The molecule has 0 saturated heterocycles. The highest BCUT2D eigenvalue weighted by molar-refractivity contribution is 5.85. The van der Waals surface area contributed by atoms with Gasteiger partial charge in [-0.2, -0.15) is 5.10 Å². The topological polar surface area (TPSA) is 75.2 Å². The van der Waals surface area contributed by atoms with E-state index < -0.39 is 5.97 Å². The van der Waals surface area contributed by atoms with Crippen LogP contribution in [0.25, 0.3) is 22.0 Å². The van der Waals surface area contributed by atoms with Crippen LogP contribution in [0.1, 0.15) is 38.7 Å². The molecule has 1 heterocycles. The standard InChI is InChI=1S/C22H26N2O3/c1-3-15(4-2)14-27-21-9-5-16(6-10-22(25)26)11-19(21)17-7-8-20-18(12-17)13-23-24-20/h5,7-9,11-13,15H,3-4,6,10,14H2,1-2H3,(H,23,24)(H,25,26). The van der Waals surface area contributed by atoms with Crippen molar-refractivity contribution < 1.29 is 14.6 Å². The first-order chi connectivity index (χ1) is 13.1. The van der Waals surface area contributed by atoms with Crippen LogP contribution in [0.2, 0.25) is 0 Å². The smallest absolute Gasteiger partial charge is 0.303 e. The zero-order chi connectivity index (χ0) is 19.2. The summed E-state index contributed by atoms with van der Waals surface area (Å²) < 4.78 is 6.17. The lowest BCUT2D eigenvalue weighted by atomic mass is 9.98. The quantitative estimate of drug-likeness (QED) is 0.555. The van der Waals surface area contributed by atoms with Gasteiger partial charge in [0.2, 0.25) is 0 Å². The number of nitrogens with one attached hydrogen (secondary N) is 1. The van der Waals surface area contributed by atoms with Crippen LogP contribution in [-0.2, 0) is 11.2 Å². The summed E-state index contributed by atoms with van der Waals surface area (Å²) >= 11 is 0. The second-order valence-corrected chi connectivity index (χ2v) is 6.89. The number of aryl methyl sites for hydroxylation is 1. The Morgan fingerprint density at radius 2 is 2.00 bits per heavy atom. The number of aliphatic carboxylic acids is 1. The highest BCUT2D eigenvalue weighted by Gasteiger charge is 2.12. The van der Waals surface area contributed by atoms with E-state index in [4.69, 9.17) is 9.84 Å². The van der Waals surface area contributed by atoms with Gasteiger partial charge in [-0.15, -0.1) is 0 Å². The third-order valence-electron chi connectivity index (χ3n) is 5.05. The maximum atomic E-state index is 10.9. The van der Waals surface area contributed by atoms with Gasteiger partial charge >= 0.3 is 5.97 Å². The zero-order valence-corrected chi connectivity index (χ0v) is 15.9. The van der Waals surface area contributed by atoms with E-state index >= 15 is 0 Å². The van der Waals surface area contributed by atoms with Gasteiger partial charge in [0.05, 0.1) is 18.3 Å². The Hall–Kier alpha value is -2.82. The van der Waals surface area contributed by atoms with Crippen LogP contribution in [0.5, 0.6) is 5.75 Å². The number of nitrogens with zero attached hydrogens (tertiary/aromatic N) is 1. The Morgan fingerprint density at radius 3 is 2.74 bits per heavy atom. The molecule has 0 aliphatic carbocycles. The summed E-state index contributed by atoms with van der Waals surface area (Å²) in [5.74, 6) is 0.579. The molecule has 0 unspecified atom stereocenters. The molecule has 0 fully saturated rings. The van der Waals surface area contributed by atoms with E-state index in [1.807, 2.05) is 30.3 Å². The molecule has 0 spiro atoms. The molecule has 0 radical (unpaired) electrons.